The number of nitrogens with zero attached hydrogens (tertiary/aromatic N) is 4. The van der Waals surface area contributed by atoms with E-state index in [0.717, 1.165) is 49.9 Å². The second kappa shape index (κ2) is 9.30. The minimum absolute atomic E-state index is 0.112. The fraction of sp³-hybridized carbons (Fsp3) is 0.577. The van der Waals surface area contributed by atoms with E-state index in [1.165, 1.54) is 25.0 Å². The van der Waals surface area contributed by atoms with Crippen LogP contribution in [0.4, 0.5) is 13.2 Å². The van der Waals surface area contributed by atoms with Gasteiger partial charge < -0.3 is 9.64 Å². The van der Waals surface area contributed by atoms with Crippen LogP contribution in [0.3, 0.4) is 0 Å². The summed E-state index contributed by atoms with van der Waals surface area (Å²) in [6.07, 6.45) is 5.83. The zero-order valence-electron chi connectivity index (χ0n) is 20.0. The zero-order valence-corrected chi connectivity index (χ0v) is 20.0. The predicted octanol–water partition coefficient (Wildman–Crippen LogP) is 4.23. The van der Waals surface area contributed by atoms with Crippen LogP contribution in [0.15, 0.2) is 36.7 Å². The number of aromatic nitrogens is 2. The lowest BCUT2D eigenvalue weighted by atomic mass is 10.0. The Hall–Kier alpha value is -2.72. The van der Waals surface area contributed by atoms with Crippen molar-refractivity contribution in [3.05, 3.63) is 53.5 Å². The van der Waals surface area contributed by atoms with Gasteiger partial charge in [-0.2, -0.15) is 13.2 Å². The predicted molar refractivity (Wildman–Crippen MR) is 125 cm³/mol. The number of rotatable bonds is 7. The van der Waals surface area contributed by atoms with Gasteiger partial charge in [0.05, 0.1) is 30.3 Å². The van der Waals surface area contributed by atoms with E-state index in [1.54, 1.807) is 17.3 Å². The summed E-state index contributed by atoms with van der Waals surface area (Å²) in [5.41, 5.74) is 0.858. The molecule has 36 heavy (non-hydrogen) atoms. The van der Waals surface area contributed by atoms with Crippen molar-refractivity contribution in [3.8, 4) is 5.88 Å². The van der Waals surface area contributed by atoms with Gasteiger partial charge in [-0.25, -0.2) is 9.88 Å². The van der Waals surface area contributed by atoms with E-state index < -0.39 is 17.8 Å². The lowest BCUT2D eigenvalue weighted by Gasteiger charge is -2.41. The Labute approximate surface area is 208 Å². The molecule has 2 saturated heterocycles. The maximum atomic E-state index is 13.7. The number of halogens is 3. The van der Waals surface area contributed by atoms with Crippen LogP contribution in [0.5, 0.6) is 5.88 Å². The highest BCUT2D eigenvalue weighted by atomic mass is 19.4. The molecule has 4 fully saturated rings. The molecule has 0 radical (unpaired) electrons. The Kier molecular flexibility index (Phi) is 6.11. The number of nitrogens with one attached hydrogen (secondary N) is 1. The summed E-state index contributed by atoms with van der Waals surface area (Å²) in [5, 5.41) is 3.35. The van der Waals surface area contributed by atoms with E-state index in [9.17, 15) is 18.0 Å². The van der Waals surface area contributed by atoms with Gasteiger partial charge in [-0.1, -0.05) is 12.1 Å². The van der Waals surface area contributed by atoms with Gasteiger partial charge in [-0.05, 0) is 62.6 Å². The monoisotopic (exact) mass is 501 g/mol. The third kappa shape index (κ3) is 5.06. The quantitative estimate of drug-likeness (QED) is 0.613. The van der Waals surface area contributed by atoms with Gasteiger partial charge in [0.15, 0.2) is 6.23 Å². The summed E-state index contributed by atoms with van der Waals surface area (Å²) in [7, 11) is 0. The summed E-state index contributed by atoms with van der Waals surface area (Å²) in [5.74, 6) is 0.914. The smallest absolute Gasteiger partial charge is 0.416 e. The van der Waals surface area contributed by atoms with Gasteiger partial charge in [-0.3, -0.25) is 15.1 Å². The Morgan fingerprint density at radius 3 is 2.42 bits per heavy atom. The average Bonchev–Trinajstić information content (AvgIpc) is 3.81. The second-order valence-corrected chi connectivity index (χ2v) is 10.4. The molecule has 1 N–H and O–H groups in total. The summed E-state index contributed by atoms with van der Waals surface area (Å²) >= 11 is 0. The number of carbonyl (C=O) groups is 1. The molecule has 1 unspecified atom stereocenters. The van der Waals surface area contributed by atoms with Crippen molar-refractivity contribution in [2.45, 2.75) is 81.4 Å². The highest BCUT2D eigenvalue weighted by molar-refractivity contribution is 5.83. The first-order chi connectivity index (χ1) is 17.3. The number of alkyl halides is 3. The molecule has 2 aliphatic heterocycles. The molecule has 0 spiro atoms. The molecule has 2 saturated carbocycles. The maximum absolute atomic E-state index is 13.7. The Morgan fingerprint density at radius 2 is 1.78 bits per heavy atom. The first-order valence-electron chi connectivity index (χ1n) is 12.8. The Morgan fingerprint density at radius 1 is 1.00 bits per heavy atom. The molecule has 6 rings (SSSR count). The van der Waals surface area contributed by atoms with Crippen molar-refractivity contribution in [2.24, 2.45) is 0 Å². The fourth-order valence-corrected chi connectivity index (χ4v) is 5.26. The van der Waals surface area contributed by atoms with E-state index in [1.807, 2.05) is 0 Å². The third-order valence-electron chi connectivity index (χ3n) is 7.66. The molecule has 1 amide bonds. The van der Waals surface area contributed by atoms with E-state index >= 15 is 0 Å². The number of benzene rings is 1. The topological polar surface area (TPSA) is 70.6 Å². The first-order valence-corrected chi connectivity index (χ1v) is 12.8. The molecule has 2 aliphatic carbocycles. The molecule has 3 heterocycles. The van der Waals surface area contributed by atoms with Gasteiger partial charge in [0.2, 0.25) is 11.8 Å². The molecular formula is C26H30F3N5O2. The molecule has 1 aromatic carbocycles. The summed E-state index contributed by atoms with van der Waals surface area (Å²) in [4.78, 5) is 26.6. The standard InChI is InChI=1S/C26H30F3N5O2/c27-26(28,29)18-5-3-17(4-6-18)24(32-19-7-8-19)25(35)33-12-11-20-9-10-23(34(20)15-33)36-22-14-30-21(13-31-22)16-1-2-16/h3-6,13-14,16,19-20,23-24,32H,1-2,7-12,15H2/t20-,23-,24?/m0/s1. The number of ether oxygens (including phenoxy) is 1. The van der Waals surface area contributed by atoms with Gasteiger partial charge in [0, 0.05) is 24.5 Å². The minimum atomic E-state index is -4.41. The second-order valence-electron chi connectivity index (χ2n) is 10.4. The van der Waals surface area contributed by atoms with Crippen molar-refractivity contribution in [2.75, 3.05) is 13.2 Å². The van der Waals surface area contributed by atoms with Crippen LogP contribution >= 0.6 is 0 Å². The molecule has 192 valence electrons. The first kappa shape index (κ1) is 23.7. The van der Waals surface area contributed by atoms with Crippen molar-refractivity contribution in [1.29, 1.82) is 0 Å². The van der Waals surface area contributed by atoms with E-state index in [4.69, 9.17) is 4.74 Å². The van der Waals surface area contributed by atoms with Crippen LogP contribution in [0.1, 0.15) is 73.7 Å². The van der Waals surface area contributed by atoms with E-state index in [2.05, 4.69) is 20.2 Å². The fourth-order valence-electron chi connectivity index (χ4n) is 5.26. The van der Waals surface area contributed by atoms with Crippen molar-refractivity contribution < 1.29 is 22.7 Å². The van der Waals surface area contributed by atoms with E-state index in [0.29, 0.717) is 36.6 Å². The summed E-state index contributed by atoms with van der Waals surface area (Å²) < 4.78 is 45.3. The number of amides is 1. The zero-order chi connectivity index (χ0) is 24.9. The molecule has 3 atom stereocenters. The average molecular weight is 502 g/mol. The number of carbonyl (C=O) groups excluding carboxylic acids is 1. The normalized spacial score (nSPS) is 25.5. The van der Waals surface area contributed by atoms with Crippen LogP contribution in [-0.4, -0.2) is 57.2 Å². The van der Waals surface area contributed by atoms with Crippen molar-refractivity contribution in [3.63, 3.8) is 0 Å². The largest absolute Gasteiger partial charge is 0.457 e. The highest BCUT2D eigenvalue weighted by Gasteiger charge is 2.42. The molecule has 7 nitrogen and oxygen atoms in total. The van der Waals surface area contributed by atoms with Crippen LogP contribution in [-0.2, 0) is 11.0 Å². The van der Waals surface area contributed by atoms with Crippen LogP contribution < -0.4 is 10.1 Å². The van der Waals surface area contributed by atoms with Crippen molar-refractivity contribution in [1.82, 2.24) is 25.1 Å². The van der Waals surface area contributed by atoms with Crippen LogP contribution in [0.25, 0.3) is 0 Å². The molecular weight excluding hydrogens is 471 g/mol. The third-order valence-corrected chi connectivity index (χ3v) is 7.66. The minimum Gasteiger partial charge on any atom is -0.457 e. The maximum Gasteiger partial charge on any atom is 0.416 e. The number of hydrogen-bond acceptors (Lipinski definition) is 6. The molecule has 1 aromatic heterocycles. The Balaban J connectivity index is 1.14. The van der Waals surface area contributed by atoms with Crippen LogP contribution in [0, 0.1) is 0 Å². The summed E-state index contributed by atoms with van der Waals surface area (Å²) in [6, 6.07) is 4.82. The van der Waals surface area contributed by atoms with E-state index in [-0.39, 0.29) is 18.2 Å². The molecule has 2 aromatic rings. The van der Waals surface area contributed by atoms with Gasteiger partial charge >= 0.3 is 6.18 Å². The molecule has 10 heteroatoms. The lowest BCUT2D eigenvalue weighted by molar-refractivity contribution is -0.141. The molecule has 4 aliphatic rings. The van der Waals surface area contributed by atoms with Gasteiger partial charge in [-0.15, -0.1) is 0 Å². The lowest BCUT2D eigenvalue weighted by Crippen LogP contribution is -2.55. The number of fused-ring (bicyclic) bond motifs is 1. The van der Waals surface area contributed by atoms with Gasteiger partial charge in [0.1, 0.15) is 6.04 Å². The SMILES string of the molecule is O=C(C(NC1CC1)c1ccc(C(F)(F)F)cc1)N1CC[C@@H]2CC[C@H](Oc3cnc(C4CC4)cn3)N2C1. The molecule has 0 bridgehead atoms. The summed E-state index contributed by atoms with van der Waals surface area (Å²) in [6.45, 7) is 1.04. The van der Waals surface area contributed by atoms with Crippen LogP contribution in [0.2, 0.25) is 0 Å². The number of hydrogen-bond donors (Lipinski definition) is 1. The van der Waals surface area contributed by atoms with Gasteiger partial charge in [0.25, 0.3) is 0 Å². The highest BCUT2D eigenvalue weighted by Crippen LogP contribution is 2.39. The Bertz CT molecular complexity index is 1090. The van der Waals surface area contributed by atoms with Crippen molar-refractivity contribution >= 4 is 5.91 Å².